The van der Waals surface area contributed by atoms with Gasteiger partial charge in [0.15, 0.2) is 0 Å². The van der Waals surface area contributed by atoms with Crippen molar-refractivity contribution in [3.8, 4) is 0 Å². The monoisotopic (exact) mass is 359 g/mol. The Kier molecular flexibility index (Phi) is 4.28. The number of ketones is 1. The molecule has 2 aromatic carbocycles. The number of benzene rings is 2. The first-order chi connectivity index (χ1) is 13.1. The lowest BCUT2D eigenvalue weighted by Crippen LogP contribution is -2.32. The normalized spacial score (nSPS) is 11.2. The van der Waals surface area contributed by atoms with E-state index in [1.165, 1.54) is 5.39 Å². The van der Waals surface area contributed by atoms with Crippen LogP contribution in [-0.2, 0) is 25.3 Å². The Labute approximate surface area is 157 Å². The summed E-state index contributed by atoms with van der Waals surface area (Å²) in [4.78, 5) is 25.0. The molecule has 0 spiro atoms. The first-order valence-electron chi connectivity index (χ1n) is 8.96. The summed E-state index contributed by atoms with van der Waals surface area (Å²) in [6, 6.07) is 15.8. The van der Waals surface area contributed by atoms with Crippen LogP contribution >= 0.6 is 0 Å². The Morgan fingerprint density at radius 3 is 2.19 bits per heavy atom. The number of nitrogens with zero attached hydrogens (tertiary/aromatic N) is 2. The van der Waals surface area contributed by atoms with Crippen LogP contribution in [0.25, 0.3) is 21.8 Å². The van der Waals surface area contributed by atoms with Gasteiger partial charge in [0.25, 0.3) is 11.7 Å². The minimum atomic E-state index is -0.563. The van der Waals surface area contributed by atoms with E-state index in [-0.39, 0.29) is 0 Å². The Morgan fingerprint density at radius 1 is 0.852 bits per heavy atom. The van der Waals surface area contributed by atoms with Gasteiger partial charge in [0.05, 0.1) is 5.56 Å². The topological polar surface area (TPSA) is 56.0 Å². The van der Waals surface area contributed by atoms with Crippen molar-refractivity contribution in [1.82, 2.24) is 14.5 Å². The summed E-state index contributed by atoms with van der Waals surface area (Å²) in [5.74, 6) is -1.06. The van der Waals surface area contributed by atoms with Gasteiger partial charge in [-0.2, -0.15) is 0 Å². The van der Waals surface area contributed by atoms with E-state index < -0.39 is 11.7 Å². The molecule has 4 rings (SSSR count). The number of fused-ring (bicyclic) bond motifs is 2. The fourth-order valence-corrected chi connectivity index (χ4v) is 3.66. The fourth-order valence-electron chi connectivity index (χ4n) is 3.66. The zero-order valence-electron chi connectivity index (χ0n) is 15.4. The minimum Gasteiger partial charge on any atom is -0.350 e. The van der Waals surface area contributed by atoms with Gasteiger partial charge in [0, 0.05) is 54.8 Å². The number of carbonyl (C=O) groups is 2. The number of nitrogens with one attached hydrogen (secondary N) is 1. The molecule has 0 radical (unpaired) electrons. The smallest absolute Gasteiger partial charge is 0.292 e. The van der Waals surface area contributed by atoms with Crippen LogP contribution in [0, 0.1) is 0 Å². The maximum atomic E-state index is 12.6. The summed E-state index contributed by atoms with van der Waals surface area (Å²) in [5.41, 5.74) is 3.69. The molecule has 5 nitrogen and oxygen atoms in total. The molecule has 0 fully saturated rings. The van der Waals surface area contributed by atoms with Crippen LogP contribution in [0.5, 0.6) is 0 Å². The first-order valence-corrected chi connectivity index (χ1v) is 8.96. The lowest BCUT2D eigenvalue weighted by Gasteiger charge is -2.04. The average molecular weight is 359 g/mol. The van der Waals surface area contributed by atoms with Gasteiger partial charge in [-0.05, 0) is 24.1 Å². The molecule has 2 aromatic heterocycles. The van der Waals surface area contributed by atoms with Crippen LogP contribution in [0.15, 0.2) is 60.9 Å². The standard InChI is InChI=1S/C22H21N3O2/c1-24-13-15(16-7-3-5-9-19(16)24)11-12-23-22(27)21(26)18-14-25(2)20-10-6-4-8-17(18)20/h3-10,13-14H,11-12H2,1-2H3,(H,23,27). The summed E-state index contributed by atoms with van der Waals surface area (Å²) in [6.45, 7) is 0.420. The lowest BCUT2D eigenvalue weighted by atomic mass is 10.1. The van der Waals surface area contributed by atoms with Gasteiger partial charge in [-0.1, -0.05) is 36.4 Å². The molecule has 136 valence electrons. The van der Waals surface area contributed by atoms with E-state index in [0.29, 0.717) is 18.5 Å². The number of aromatic nitrogens is 2. The van der Waals surface area contributed by atoms with E-state index in [2.05, 4.69) is 28.2 Å². The SMILES string of the molecule is Cn1cc(CCNC(=O)C(=O)c2cn(C)c3ccccc23)c2ccccc21. The highest BCUT2D eigenvalue weighted by atomic mass is 16.2. The van der Waals surface area contributed by atoms with Gasteiger partial charge in [0.2, 0.25) is 0 Å². The molecule has 1 N–H and O–H groups in total. The van der Waals surface area contributed by atoms with Crippen molar-refractivity contribution in [3.63, 3.8) is 0 Å². The van der Waals surface area contributed by atoms with Gasteiger partial charge in [-0.25, -0.2) is 0 Å². The highest BCUT2D eigenvalue weighted by Gasteiger charge is 2.20. The predicted molar refractivity (Wildman–Crippen MR) is 107 cm³/mol. The van der Waals surface area contributed by atoms with Crippen molar-refractivity contribution in [1.29, 1.82) is 0 Å². The number of carbonyl (C=O) groups excluding carboxylic acids is 2. The molecule has 0 saturated heterocycles. The molecule has 27 heavy (non-hydrogen) atoms. The van der Waals surface area contributed by atoms with E-state index in [0.717, 1.165) is 22.0 Å². The zero-order chi connectivity index (χ0) is 19.0. The van der Waals surface area contributed by atoms with E-state index in [1.54, 1.807) is 6.20 Å². The molecule has 2 heterocycles. The average Bonchev–Trinajstić information content (AvgIpc) is 3.19. The van der Waals surface area contributed by atoms with Crippen LogP contribution in [0.1, 0.15) is 15.9 Å². The number of aryl methyl sites for hydroxylation is 2. The summed E-state index contributed by atoms with van der Waals surface area (Å²) in [5, 5.41) is 4.75. The highest BCUT2D eigenvalue weighted by Crippen LogP contribution is 2.21. The zero-order valence-corrected chi connectivity index (χ0v) is 15.4. The molecule has 0 saturated carbocycles. The van der Waals surface area contributed by atoms with Crippen molar-refractivity contribution in [2.45, 2.75) is 6.42 Å². The summed E-state index contributed by atoms with van der Waals surface area (Å²) in [6.07, 6.45) is 4.47. The van der Waals surface area contributed by atoms with Crippen molar-refractivity contribution in [2.24, 2.45) is 14.1 Å². The molecule has 4 aromatic rings. The number of Topliss-reactive ketones (excluding diaryl/α,β-unsaturated/α-hetero) is 1. The quantitative estimate of drug-likeness (QED) is 0.439. The molecule has 0 bridgehead atoms. The lowest BCUT2D eigenvalue weighted by molar-refractivity contribution is -0.116. The molecule has 0 atom stereocenters. The molecular weight excluding hydrogens is 338 g/mol. The van der Waals surface area contributed by atoms with Gasteiger partial charge >= 0.3 is 0 Å². The Morgan fingerprint density at radius 2 is 1.44 bits per heavy atom. The molecule has 1 amide bonds. The number of hydrogen-bond acceptors (Lipinski definition) is 2. The first kappa shape index (κ1) is 17.1. The molecular formula is C22H21N3O2. The number of hydrogen-bond donors (Lipinski definition) is 1. The van der Waals surface area contributed by atoms with E-state index in [4.69, 9.17) is 0 Å². The van der Waals surface area contributed by atoms with Gasteiger partial charge < -0.3 is 14.5 Å². The minimum absolute atomic E-state index is 0.420. The van der Waals surface area contributed by atoms with E-state index in [1.807, 2.05) is 55.1 Å². The molecule has 0 aliphatic rings. The van der Waals surface area contributed by atoms with Crippen LogP contribution in [-0.4, -0.2) is 27.4 Å². The fraction of sp³-hybridized carbons (Fsp3) is 0.182. The number of para-hydroxylation sites is 2. The van der Waals surface area contributed by atoms with Crippen molar-refractivity contribution in [2.75, 3.05) is 6.54 Å². The van der Waals surface area contributed by atoms with Crippen molar-refractivity contribution in [3.05, 3.63) is 72.1 Å². The Bertz CT molecular complexity index is 1170. The Hall–Kier alpha value is -3.34. The summed E-state index contributed by atoms with van der Waals surface area (Å²) < 4.78 is 3.94. The summed E-state index contributed by atoms with van der Waals surface area (Å²) >= 11 is 0. The van der Waals surface area contributed by atoms with Gasteiger partial charge in [0.1, 0.15) is 0 Å². The van der Waals surface area contributed by atoms with Crippen LogP contribution < -0.4 is 5.32 Å². The second-order valence-electron chi connectivity index (χ2n) is 6.79. The number of amides is 1. The maximum Gasteiger partial charge on any atom is 0.292 e. The summed E-state index contributed by atoms with van der Waals surface area (Å²) in [7, 11) is 3.88. The Balaban J connectivity index is 1.47. The third-order valence-electron chi connectivity index (χ3n) is 5.01. The van der Waals surface area contributed by atoms with Gasteiger partial charge in [-0.3, -0.25) is 9.59 Å². The third-order valence-corrected chi connectivity index (χ3v) is 5.01. The second-order valence-corrected chi connectivity index (χ2v) is 6.79. The van der Waals surface area contributed by atoms with E-state index >= 15 is 0 Å². The molecule has 5 heteroatoms. The van der Waals surface area contributed by atoms with Crippen LogP contribution in [0.3, 0.4) is 0 Å². The predicted octanol–water partition coefficient (Wildman–Crippen LogP) is 3.21. The van der Waals surface area contributed by atoms with E-state index in [9.17, 15) is 9.59 Å². The van der Waals surface area contributed by atoms with Crippen LogP contribution in [0.2, 0.25) is 0 Å². The largest absolute Gasteiger partial charge is 0.350 e. The second kappa shape index (κ2) is 6.76. The van der Waals surface area contributed by atoms with Gasteiger partial charge in [-0.15, -0.1) is 0 Å². The van der Waals surface area contributed by atoms with Crippen molar-refractivity contribution >= 4 is 33.5 Å². The van der Waals surface area contributed by atoms with Crippen LogP contribution in [0.4, 0.5) is 0 Å². The molecule has 0 aliphatic carbocycles. The highest BCUT2D eigenvalue weighted by molar-refractivity contribution is 6.45. The van der Waals surface area contributed by atoms with Crippen molar-refractivity contribution < 1.29 is 9.59 Å². The molecule has 0 aliphatic heterocycles. The number of rotatable bonds is 5. The maximum absolute atomic E-state index is 12.6. The third kappa shape index (κ3) is 3.01. The molecule has 0 unspecified atom stereocenters.